The van der Waals surface area contributed by atoms with Crippen LogP contribution in [-0.4, -0.2) is 17.4 Å². The fourth-order valence-corrected chi connectivity index (χ4v) is 0.975. The highest BCUT2D eigenvalue weighted by Crippen LogP contribution is 2.09. The molecule has 0 atom stereocenters. The molecule has 1 rings (SSSR count). The van der Waals surface area contributed by atoms with E-state index in [1.165, 1.54) is 13.0 Å². The van der Waals surface area contributed by atoms with Crippen molar-refractivity contribution in [3.8, 4) is 11.8 Å². The maximum absolute atomic E-state index is 13.0. The lowest BCUT2D eigenvalue weighted by Gasteiger charge is -1.94. The number of rotatable bonds is 1. The van der Waals surface area contributed by atoms with Gasteiger partial charge in [-0.15, -0.1) is 0 Å². The van der Waals surface area contributed by atoms with E-state index in [1.54, 1.807) is 0 Å². The zero-order chi connectivity index (χ0) is 11.3. The van der Waals surface area contributed by atoms with Crippen molar-refractivity contribution in [1.82, 2.24) is 10.3 Å². The first-order valence-electron chi connectivity index (χ1n) is 4.14. The van der Waals surface area contributed by atoms with E-state index in [0.29, 0.717) is 0 Å². The van der Waals surface area contributed by atoms with Gasteiger partial charge in [0.1, 0.15) is 5.15 Å². The van der Waals surface area contributed by atoms with E-state index in [9.17, 15) is 9.18 Å². The quantitative estimate of drug-likeness (QED) is 0.580. The van der Waals surface area contributed by atoms with Gasteiger partial charge in [0, 0.05) is 6.92 Å². The molecular formula is C10H8ClFN2O. The van der Waals surface area contributed by atoms with Gasteiger partial charge in [-0.05, 0) is 6.07 Å². The van der Waals surface area contributed by atoms with E-state index in [1.807, 2.05) is 0 Å². The number of hydrogen-bond acceptors (Lipinski definition) is 2. The molecule has 1 amide bonds. The summed E-state index contributed by atoms with van der Waals surface area (Å²) < 4.78 is 13.0. The molecule has 1 aromatic heterocycles. The van der Waals surface area contributed by atoms with Gasteiger partial charge in [-0.1, -0.05) is 23.4 Å². The fraction of sp³-hybridized carbons (Fsp3) is 0.200. The van der Waals surface area contributed by atoms with Crippen LogP contribution >= 0.6 is 11.6 Å². The molecule has 0 aliphatic carbocycles. The summed E-state index contributed by atoms with van der Waals surface area (Å²) in [5.74, 6) is 4.42. The molecule has 1 aromatic rings. The van der Waals surface area contributed by atoms with Gasteiger partial charge in [0.2, 0.25) is 5.91 Å². The Morgan fingerprint density at radius 1 is 1.73 bits per heavy atom. The van der Waals surface area contributed by atoms with Crippen molar-refractivity contribution < 1.29 is 9.18 Å². The van der Waals surface area contributed by atoms with E-state index < -0.39 is 5.82 Å². The number of aromatic nitrogens is 1. The van der Waals surface area contributed by atoms with Crippen LogP contribution in [0.5, 0.6) is 0 Å². The third kappa shape index (κ3) is 3.96. The molecule has 0 aliphatic heterocycles. The SMILES string of the molecule is CC(=O)NCC#Cc1cc(Cl)ncc1F. The summed E-state index contributed by atoms with van der Waals surface area (Å²) >= 11 is 5.56. The number of nitrogens with zero attached hydrogens (tertiary/aromatic N) is 1. The lowest BCUT2D eigenvalue weighted by molar-refractivity contribution is -0.118. The summed E-state index contributed by atoms with van der Waals surface area (Å²) in [4.78, 5) is 14.0. The predicted octanol–water partition coefficient (Wildman–Crippen LogP) is 1.36. The molecule has 0 aromatic carbocycles. The number of halogens is 2. The Labute approximate surface area is 91.7 Å². The summed E-state index contributed by atoms with van der Waals surface area (Å²) in [5.41, 5.74) is 0.167. The van der Waals surface area contributed by atoms with Gasteiger partial charge in [-0.25, -0.2) is 9.37 Å². The average Bonchev–Trinajstić information content (AvgIpc) is 2.17. The minimum absolute atomic E-state index is 0.167. The molecule has 3 nitrogen and oxygen atoms in total. The summed E-state index contributed by atoms with van der Waals surface area (Å²) in [6, 6.07) is 1.33. The van der Waals surface area contributed by atoms with Gasteiger partial charge >= 0.3 is 0 Å². The molecule has 0 bridgehead atoms. The first kappa shape index (κ1) is 11.5. The highest BCUT2D eigenvalue weighted by Gasteiger charge is 1.99. The van der Waals surface area contributed by atoms with Gasteiger partial charge in [-0.2, -0.15) is 0 Å². The third-order valence-electron chi connectivity index (χ3n) is 1.47. The van der Waals surface area contributed by atoms with Crippen molar-refractivity contribution >= 4 is 17.5 Å². The number of carbonyl (C=O) groups is 1. The molecule has 1 N–H and O–H groups in total. The number of nitrogens with one attached hydrogen (secondary N) is 1. The normalized spacial score (nSPS) is 9.00. The average molecular weight is 227 g/mol. The second kappa shape index (κ2) is 5.32. The van der Waals surface area contributed by atoms with Crippen LogP contribution in [0.2, 0.25) is 5.15 Å². The van der Waals surface area contributed by atoms with E-state index in [4.69, 9.17) is 11.6 Å². The summed E-state index contributed by atoms with van der Waals surface area (Å²) in [6.45, 7) is 1.56. The van der Waals surface area contributed by atoms with Gasteiger partial charge < -0.3 is 5.32 Å². The third-order valence-corrected chi connectivity index (χ3v) is 1.68. The molecule has 0 spiro atoms. The van der Waals surface area contributed by atoms with Crippen LogP contribution in [0.1, 0.15) is 12.5 Å². The first-order chi connectivity index (χ1) is 7.09. The van der Waals surface area contributed by atoms with E-state index in [2.05, 4.69) is 22.1 Å². The van der Waals surface area contributed by atoms with Crippen LogP contribution in [-0.2, 0) is 4.79 Å². The zero-order valence-corrected chi connectivity index (χ0v) is 8.73. The predicted molar refractivity (Wildman–Crippen MR) is 54.8 cm³/mol. The van der Waals surface area contributed by atoms with Crippen molar-refractivity contribution in [1.29, 1.82) is 0 Å². The lowest BCUT2D eigenvalue weighted by Crippen LogP contribution is -2.19. The maximum Gasteiger partial charge on any atom is 0.217 e. The monoisotopic (exact) mass is 226 g/mol. The molecule has 0 aliphatic rings. The first-order valence-corrected chi connectivity index (χ1v) is 4.51. The standard InChI is InChI=1S/C10H8ClFN2O/c1-7(15)13-4-2-3-8-5-10(11)14-6-9(8)12/h5-6H,4H2,1H3,(H,13,15). The molecule has 78 valence electrons. The molecule has 0 saturated carbocycles. The molecule has 15 heavy (non-hydrogen) atoms. The van der Waals surface area contributed by atoms with Crippen molar-refractivity contribution in [3.63, 3.8) is 0 Å². The van der Waals surface area contributed by atoms with E-state index in [0.717, 1.165) is 6.20 Å². The van der Waals surface area contributed by atoms with Crippen LogP contribution in [0.25, 0.3) is 0 Å². The van der Waals surface area contributed by atoms with Crippen LogP contribution in [0.4, 0.5) is 4.39 Å². The Morgan fingerprint density at radius 3 is 3.13 bits per heavy atom. The van der Waals surface area contributed by atoms with Crippen molar-refractivity contribution in [2.75, 3.05) is 6.54 Å². The van der Waals surface area contributed by atoms with Crippen molar-refractivity contribution in [2.45, 2.75) is 6.92 Å². The summed E-state index contributed by atoms with van der Waals surface area (Å²) in [6.07, 6.45) is 1.00. The summed E-state index contributed by atoms with van der Waals surface area (Å²) in [7, 11) is 0. The molecule has 1 heterocycles. The smallest absolute Gasteiger partial charge is 0.217 e. The Kier molecular flexibility index (Phi) is 4.07. The van der Waals surface area contributed by atoms with Crippen LogP contribution in [0, 0.1) is 17.7 Å². The molecule has 0 fully saturated rings. The highest BCUT2D eigenvalue weighted by molar-refractivity contribution is 6.29. The number of pyridine rings is 1. The van der Waals surface area contributed by atoms with Crippen molar-refractivity contribution in [2.24, 2.45) is 0 Å². The molecule has 0 radical (unpaired) electrons. The number of amides is 1. The minimum Gasteiger partial charge on any atom is -0.345 e. The summed E-state index contributed by atoms with van der Waals surface area (Å²) in [5, 5.41) is 2.65. The molecular weight excluding hydrogens is 219 g/mol. The van der Waals surface area contributed by atoms with Crippen LogP contribution in [0.3, 0.4) is 0 Å². The second-order valence-corrected chi connectivity index (χ2v) is 3.09. The van der Waals surface area contributed by atoms with E-state index in [-0.39, 0.29) is 23.2 Å². The topological polar surface area (TPSA) is 42.0 Å². The largest absolute Gasteiger partial charge is 0.345 e. The molecule has 5 heteroatoms. The van der Waals surface area contributed by atoms with Gasteiger partial charge in [-0.3, -0.25) is 4.79 Å². The Hall–Kier alpha value is -1.60. The number of hydrogen-bond donors (Lipinski definition) is 1. The Bertz CT molecular complexity index is 437. The van der Waals surface area contributed by atoms with Gasteiger partial charge in [0.05, 0.1) is 18.3 Å². The molecule has 0 saturated heterocycles. The minimum atomic E-state index is -0.533. The van der Waals surface area contributed by atoms with Crippen molar-refractivity contribution in [3.05, 3.63) is 28.8 Å². The Morgan fingerprint density at radius 2 is 2.47 bits per heavy atom. The second-order valence-electron chi connectivity index (χ2n) is 2.70. The zero-order valence-electron chi connectivity index (χ0n) is 7.97. The van der Waals surface area contributed by atoms with E-state index >= 15 is 0 Å². The van der Waals surface area contributed by atoms with Gasteiger partial charge in [0.25, 0.3) is 0 Å². The number of carbonyl (C=O) groups excluding carboxylic acids is 1. The maximum atomic E-state index is 13.0. The lowest BCUT2D eigenvalue weighted by atomic mass is 10.2. The fourth-order valence-electron chi connectivity index (χ4n) is 0.817. The Balaban J connectivity index is 2.71. The van der Waals surface area contributed by atoms with Crippen LogP contribution < -0.4 is 5.32 Å². The van der Waals surface area contributed by atoms with Gasteiger partial charge in [0.15, 0.2) is 5.82 Å². The van der Waals surface area contributed by atoms with Crippen LogP contribution in [0.15, 0.2) is 12.3 Å². The molecule has 0 unspecified atom stereocenters. The highest BCUT2D eigenvalue weighted by atomic mass is 35.5.